The Bertz CT molecular complexity index is 831. The Morgan fingerprint density at radius 2 is 1.68 bits per heavy atom. The van der Waals surface area contributed by atoms with Crippen LogP contribution in [0.5, 0.6) is 11.5 Å². The summed E-state index contributed by atoms with van der Waals surface area (Å²) in [6.45, 7) is -2.07. The summed E-state index contributed by atoms with van der Waals surface area (Å²) in [5, 5.41) is 0. The van der Waals surface area contributed by atoms with Gasteiger partial charge in [-0.05, 0) is 55.3 Å². The molecule has 28 heavy (non-hydrogen) atoms. The maximum absolute atomic E-state index is 12.7. The lowest BCUT2D eigenvalue weighted by molar-refractivity contribution is -0.0499. The first-order valence-corrected chi connectivity index (χ1v) is 9.00. The van der Waals surface area contributed by atoms with Gasteiger partial charge in [-0.2, -0.15) is 8.78 Å². The van der Waals surface area contributed by atoms with Crippen molar-refractivity contribution in [1.82, 2.24) is 4.90 Å². The number of likely N-dealkylation sites (tertiary alicyclic amines) is 1. The molecule has 0 saturated carbocycles. The van der Waals surface area contributed by atoms with E-state index in [1.54, 1.807) is 42.3 Å². The zero-order valence-corrected chi connectivity index (χ0v) is 15.4. The van der Waals surface area contributed by atoms with E-state index in [4.69, 9.17) is 4.74 Å². The number of amides is 1. The number of hydrogen-bond acceptors (Lipinski definition) is 4. The monoisotopic (exact) mass is 389 g/mol. The van der Waals surface area contributed by atoms with Gasteiger partial charge >= 0.3 is 6.61 Å². The van der Waals surface area contributed by atoms with Gasteiger partial charge in [-0.25, -0.2) is 0 Å². The summed E-state index contributed by atoms with van der Waals surface area (Å²) >= 11 is 0. The Kier molecular flexibility index (Phi) is 6.23. The summed E-state index contributed by atoms with van der Waals surface area (Å²) in [5.74, 6) is 0.295. The predicted molar refractivity (Wildman–Crippen MR) is 99.0 cm³/mol. The summed E-state index contributed by atoms with van der Waals surface area (Å²) in [5.41, 5.74) is 0.917. The van der Waals surface area contributed by atoms with Crippen molar-refractivity contribution in [2.75, 3.05) is 20.2 Å². The van der Waals surface area contributed by atoms with Crippen LogP contribution in [0.2, 0.25) is 0 Å². The molecule has 1 saturated heterocycles. The van der Waals surface area contributed by atoms with E-state index in [9.17, 15) is 18.4 Å². The number of ketones is 1. The normalized spacial score (nSPS) is 14.8. The molecular formula is C21H21F2NO4. The van der Waals surface area contributed by atoms with E-state index in [-0.39, 0.29) is 28.9 Å². The SMILES string of the molecule is COc1ccc(C(=O)C2CCN(C(=O)c3cccc(OC(F)F)c3)CC2)cc1. The molecule has 1 amide bonds. The molecule has 148 valence electrons. The lowest BCUT2D eigenvalue weighted by Gasteiger charge is -2.31. The molecule has 2 aromatic carbocycles. The lowest BCUT2D eigenvalue weighted by Crippen LogP contribution is -2.40. The summed E-state index contributed by atoms with van der Waals surface area (Å²) in [7, 11) is 1.57. The third-order valence-electron chi connectivity index (χ3n) is 4.83. The number of rotatable bonds is 6. The van der Waals surface area contributed by atoms with Crippen LogP contribution in [-0.4, -0.2) is 43.4 Å². The first-order chi connectivity index (χ1) is 13.5. The number of alkyl halides is 2. The highest BCUT2D eigenvalue weighted by atomic mass is 19.3. The van der Waals surface area contributed by atoms with E-state index in [2.05, 4.69) is 4.74 Å². The molecule has 2 aromatic rings. The van der Waals surface area contributed by atoms with Gasteiger partial charge in [0.2, 0.25) is 0 Å². The molecule has 0 N–H and O–H groups in total. The number of carbonyl (C=O) groups is 2. The fourth-order valence-corrected chi connectivity index (χ4v) is 3.32. The Labute approximate surface area is 161 Å². The summed E-state index contributed by atoms with van der Waals surface area (Å²) < 4.78 is 34.2. The van der Waals surface area contributed by atoms with Crippen molar-refractivity contribution in [2.45, 2.75) is 19.5 Å². The largest absolute Gasteiger partial charge is 0.497 e. The number of piperidine rings is 1. The molecule has 0 spiro atoms. The molecule has 1 aliphatic heterocycles. The highest BCUT2D eigenvalue weighted by molar-refractivity contribution is 5.98. The minimum absolute atomic E-state index is 0.0505. The lowest BCUT2D eigenvalue weighted by atomic mass is 9.88. The van der Waals surface area contributed by atoms with Crippen molar-refractivity contribution in [3.63, 3.8) is 0 Å². The van der Waals surface area contributed by atoms with Gasteiger partial charge in [0.05, 0.1) is 7.11 Å². The molecule has 0 atom stereocenters. The standard InChI is InChI=1S/C21H21F2NO4/c1-27-17-7-5-14(6-8-17)19(25)15-9-11-24(12-10-15)20(26)16-3-2-4-18(13-16)28-21(22)23/h2-8,13,15,21H,9-12H2,1H3. The second kappa shape index (κ2) is 8.82. The number of carbonyl (C=O) groups excluding carboxylic acids is 2. The number of benzene rings is 2. The number of Topliss-reactive ketones (excluding diaryl/α,β-unsaturated/α-hetero) is 1. The summed E-state index contributed by atoms with van der Waals surface area (Å²) in [6, 6.07) is 12.7. The van der Waals surface area contributed by atoms with Crippen molar-refractivity contribution in [3.05, 3.63) is 59.7 Å². The molecule has 0 aliphatic carbocycles. The van der Waals surface area contributed by atoms with Crippen LogP contribution in [0, 0.1) is 5.92 Å². The van der Waals surface area contributed by atoms with Gasteiger partial charge in [0, 0.05) is 30.1 Å². The van der Waals surface area contributed by atoms with Crippen LogP contribution < -0.4 is 9.47 Å². The van der Waals surface area contributed by atoms with Crippen LogP contribution in [-0.2, 0) is 0 Å². The van der Waals surface area contributed by atoms with Crippen LogP contribution >= 0.6 is 0 Å². The summed E-state index contributed by atoms with van der Waals surface area (Å²) in [6.07, 6.45) is 1.12. The minimum atomic E-state index is -2.94. The Morgan fingerprint density at radius 3 is 2.29 bits per heavy atom. The number of ether oxygens (including phenoxy) is 2. The minimum Gasteiger partial charge on any atom is -0.497 e. The van der Waals surface area contributed by atoms with Crippen molar-refractivity contribution < 1.29 is 27.8 Å². The van der Waals surface area contributed by atoms with Crippen molar-refractivity contribution >= 4 is 11.7 Å². The van der Waals surface area contributed by atoms with Crippen molar-refractivity contribution in [3.8, 4) is 11.5 Å². The average molecular weight is 389 g/mol. The van der Waals surface area contributed by atoms with Crippen LogP contribution in [0.1, 0.15) is 33.6 Å². The fourth-order valence-electron chi connectivity index (χ4n) is 3.32. The Hall–Kier alpha value is -2.96. The molecular weight excluding hydrogens is 368 g/mol. The fraction of sp³-hybridized carbons (Fsp3) is 0.333. The van der Waals surface area contributed by atoms with Crippen molar-refractivity contribution in [2.24, 2.45) is 5.92 Å². The van der Waals surface area contributed by atoms with Crippen LogP contribution in [0.3, 0.4) is 0 Å². The number of methoxy groups -OCH3 is 1. The van der Waals surface area contributed by atoms with E-state index < -0.39 is 6.61 Å². The van der Waals surface area contributed by atoms with E-state index in [0.29, 0.717) is 37.2 Å². The van der Waals surface area contributed by atoms with Gasteiger partial charge in [-0.3, -0.25) is 9.59 Å². The van der Waals surface area contributed by atoms with Gasteiger partial charge in [0.25, 0.3) is 5.91 Å². The second-order valence-electron chi connectivity index (χ2n) is 6.57. The molecule has 3 rings (SSSR count). The zero-order valence-electron chi connectivity index (χ0n) is 15.4. The van der Waals surface area contributed by atoms with Crippen molar-refractivity contribution in [1.29, 1.82) is 0 Å². The van der Waals surface area contributed by atoms with Gasteiger partial charge in [-0.15, -0.1) is 0 Å². The first kappa shape index (κ1) is 19.8. The summed E-state index contributed by atoms with van der Waals surface area (Å²) in [4.78, 5) is 26.9. The molecule has 1 aliphatic rings. The highest BCUT2D eigenvalue weighted by Gasteiger charge is 2.28. The zero-order chi connectivity index (χ0) is 20.1. The smallest absolute Gasteiger partial charge is 0.387 e. The van der Waals surface area contributed by atoms with E-state index >= 15 is 0 Å². The molecule has 1 heterocycles. The quantitative estimate of drug-likeness (QED) is 0.700. The van der Waals surface area contributed by atoms with E-state index in [1.807, 2.05) is 0 Å². The molecule has 7 heteroatoms. The second-order valence-corrected chi connectivity index (χ2v) is 6.57. The third-order valence-corrected chi connectivity index (χ3v) is 4.83. The van der Waals surface area contributed by atoms with Crippen LogP contribution in [0.25, 0.3) is 0 Å². The predicted octanol–water partition coefficient (Wildman–Crippen LogP) is 4.03. The number of hydrogen-bond donors (Lipinski definition) is 0. The number of nitrogens with zero attached hydrogens (tertiary/aromatic N) is 1. The maximum Gasteiger partial charge on any atom is 0.387 e. The molecule has 0 unspecified atom stereocenters. The molecule has 0 bridgehead atoms. The Morgan fingerprint density at radius 1 is 1.00 bits per heavy atom. The van der Waals surface area contributed by atoms with Gasteiger partial charge in [0.15, 0.2) is 5.78 Å². The Balaban J connectivity index is 1.60. The van der Waals surface area contributed by atoms with Gasteiger partial charge < -0.3 is 14.4 Å². The van der Waals surface area contributed by atoms with E-state index in [1.165, 1.54) is 18.2 Å². The average Bonchev–Trinajstić information content (AvgIpc) is 2.72. The van der Waals surface area contributed by atoms with Gasteiger partial charge in [-0.1, -0.05) is 6.07 Å². The van der Waals surface area contributed by atoms with E-state index in [0.717, 1.165) is 0 Å². The number of halogens is 2. The molecule has 5 nitrogen and oxygen atoms in total. The highest BCUT2D eigenvalue weighted by Crippen LogP contribution is 2.25. The molecule has 0 radical (unpaired) electrons. The van der Waals surface area contributed by atoms with Crippen LogP contribution in [0.4, 0.5) is 8.78 Å². The maximum atomic E-state index is 12.7. The third kappa shape index (κ3) is 4.65. The molecule has 1 fully saturated rings. The van der Waals surface area contributed by atoms with Crippen LogP contribution in [0.15, 0.2) is 48.5 Å². The molecule has 0 aromatic heterocycles. The van der Waals surface area contributed by atoms with Gasteiger partial charge in [0.1, 0.15) is 11.5 Å². The first-order valence-electron chi connectivity index (χ1n) is 9.00. The topological polar surface area (TPSA) is 55.8 Å².